The molecule has 6 heteroatoms. The standard InChI is InChI=1S/C17H21ClN4O/c1-3-22(4-2)16-9-8-15(20-21-16)17(23)19-11-10-13-6-5-7-14(18)12-13/h5-9,12H,3-4,10-11H2,1-2H3,(H,19,23). The minimum atomic E-state index is -0.217. The van der Waals surface area contributed by atoms with E-state index in [1.54, 1.807) is 6.07 Å². The Kier molecular flexibility index (Phi) is 6.35. The number of carbonyl (C=O) groups is 1. The maximum absolute atomic E-state index is 12.1. The summed E-state index contributed by atoms with van der Waals surface area (Å²) in [6, 6.07) is 11.1. The molecule has 1 N–H and O–H groups in total. The highest BCUT2D eigenvalue weighted by atomic mass is 35.5. The minimum Gasteiger partial charge on any atom is -0.356 e. The number of halogens is 1. The van der Waals surface area contributed by atoms with Gasteiger partial charge in [0.25, 0.3) is 5.91 Å². The van der Waals surface area contributed by atoms with Gasteiger partial charge in [0.05, 0.1) is 0 Å². The lowest BCUT2D eigenvalue weighted by molar-refractivity contribution is 0.0948. The first-order valence-corrected chi connectivity index (χ1v) is 8.13. The predicted molar refractivity (Wildman–Crippen MR) is 93.1 cm³/mol. The third-order valence-electron chi connectivity index (χ3n) is 3.56. The van der Waals surface area contributed by atoms with Crippen molar-refractivity contribution < 1.29 is 4.79 Å². The average molecular weight is 333 g/mol. The van der Waals surface area contributed by atoms with Gasteiger partial charge in [-0.2, -0.15) is 0 Å². The van der Waals surface area contributed by atoms with Crippen molar-refractivity contribution in [2.24, 2.45) is 0 Å². The van der Waals surface area contributed by atoms with Gasteiger partial charge in [0, 0.05) is 24.7 Å². The van der Waals surface area contributed by atoms with Crippen molar-refractivity contribution in [1.82, 2.24) is 15.5 Å². The molecule has 122 valence electrons. The summed E-state index contributed by atoms with van der Waals surface area (Å²) in [6.07, 6.45) is 0.720. The molecule has 0 aliphatic heterocycles. The molecule has 0 bridgehead atoms. The molecule has 0 radical (unpaired) electrons. The van der Waals surface area contributed by atoms with Crippen LogP contribution in [-0.4, -0.2) is 35.7 Å². The number of rotatable bonds is 7. The highest BCUT2D eigenvalue weighted by molar-refractivity contribution is 6.30. The number of hydrogen-bond acceptors (Lipinski definition) is 4. The summed E-state index contributed by atoms with van der Waals surface area (Å²) in [6.45, 7) is 6.36. The largest absolute Gasteiger partial charge is 0.356 e. The molecule has 0 spiro atoms. The molecule has 0 unspecified atom stereocenters. The van der Waals surface area contributed by atoms with Gasteiger partial charge in [0.15, 0.2) is 11.5 Å². The first-order chi connectivity index (χ1) is 11.1. The average Bonchev–Trinajstić information content (AvgIpc) is 2.56. The summed E-state index contributed by atoms with van der Waals surface area (Å²) in [7, 11) is 0. The van der Waals surface area contributed by atoms with Gasteiger partial charge in [0.2, 0.25) is 0 Å². The fraction of sp³-hybridized carbons (Fsp3) is 0.353. The molecule has 1 heterocycles. The van der Waals surface area contributed by atoms with E-state index in [2.05, 4.69) is 34.3 Å². The van der Waals surface area contributed by atoms with Gasteiger partial charge < -0.3 is 10.2 Å². The molecule has 1 aromatic carbocycles. The number of nitrogens with one attached hydrogen (secondary N) is 1. The summed E-state index contributed by atoms with van der Waals surface area (Å²) < 4.78 is 0. The van der Waals surface area contributed by atoms with Crippen LogP contribution in [0.4, 0.5) is 5.82 Å². The van der Waals surface area contributed by atoms with E-state index in [9.17, 15) is 4.79 Å². The van der Waals surface area contributed by atoms with Gasteiger partial charge in [0.1, 0.15) is 0 Å². The second-order valence-corrected chi connectivity index (χ2v) is 5.52. The molecular formula is C17H21ClN4O. The van der Waals surface area contributed by atoms with Crippen molar-refractivity contribution in [3.63, 3.8) is 0 Å². The number of nitrogens with zero attached hydrogens (tertiary/aromatic N) is 3. The van der Waals surface area contributed by atoms with Crippen molar-refractivity contribution in [2.45, 2.75) is 20.3 Å². The zero-order valence-electron chi connectivity index (χ0n) is 13.4. The maximum Gasteiger partial charge on any atom is 0.271 e. The van der Waals surface area contributed by atoms with Gasteiger partial charge in [-0.25, -0.2) is 0 Å². The van der Waals surface area contributed by atoms with E-state index in [1.165, 1.54) is 0 Å². The smallest absolute Gasteiger partial charge is 0.271 e. The molecule has 0 fully saturated rings. The number of benzene rings is 1. The molecule has 0 aliphatic rings. The number of aromatic nitrogens is 2. The summed E-state index contributed by atoms with van der Waals surface area (Å²) >= 11 is 5.94. The van der Waals surface area contributed by atoms with E-state index in [4.69, 9.17) is 11.6 Å². The molecule has 5 nitrogen and oxygen atoms in total. The third-order valence-corrected chi connectivity index (χ3v) is 3.79. The number of anilines is 1. The van der Waals surface area contributed by atoms with Gasteiger partial charge in [-0.05, 0) is 50.1 Å². The lowest BCUT2D eigenvalue weighted by Crippen LogP contribution is -2.28. The fourth-order valence-electron chi connectivity index (χ4n) is 2.27. The Hall–Kier alpha value is -2.14. The second kappa shape index (κ2) is 8.48. The zero-order valence-corrected chi connectivity index (χ0v) is 14.2. The van der Waals surface area contributed by atoms with Crippen LogP contribution in [0, 0.1) is 0 Å². The Labute approximate surface area is 141 Å². The Morgan fingerprint density at radius 3 is 2.57 bits per heavy atom. The van der Waals surface area contributed by atoms with Crippen molar-refractivity contribution >= 4 is 23.3 Å². The zero-order chi connectivity index (χ0) is 16.7. The maximum atomic E-state index is 12.1. The van der Waals surface area contributed by atoms with Crippen LogP contribution in [0.2, 0.25) is 5.02 Å². The lowest BCUT2D eigenvalue weighted by Gasteiger charge is -2.18. The van der Waals surface area contributed by atoms with Gasteiger partial charge >= 0.3 is 0 Å². The molecule has 0 saturated carbocycles. The first kappa shape index (κ1) is 17.2. The second-order valence-electron chi connectivity index (χ2n) is 5.08. The molecule has 0 atom stereocenters. The van der Waals surface area contributed by atoms with Crippen LogP contribution >= 0.6 is 11.6 Å². The summed E-state index contributed by atoms with van der Waals surface area (Å²) in [5, 5.41) is 11.7. The van der Waals surface area contributed by atoms with Crippen LogP contribution in [0.5, 0.6) is 0 Å². The molecule has 1 amide bonds. The Morgan fingerprint density at radius 1 is 1.17 bits per heavy atom. The molecular weight excluding hydrogens is 312 g/mol. The van der Waals surface area contributed by atoms with Crippen LogP contribution in [0.3, 0.4) is 0 Å². The SMILES string of the molecule is CCN(CC)c1ccc(C(=O)NCCc2cccc(Cl)c2)nn1. The topological polar surface area (TPSA) is 58.1 Å². The Balaban J connectivity index is 1.88. The molecule has 1 aromatic heterocycles. The van der Waals surface area contributed by atoms with Crippen LogP contribution in [0.25, 0.3) is 0 Å². The molecule has 23 heavy (non-hydrogen) atoms. The first-order valence-electron chi connectivity index (χ1n) is 7.75. The monoisotopic (exact) mass is 332 g/mol. The molecule has 2 aromatic rings. The lowest BCUT2D eigenvalue weighted by atomic mass is 10.1. The van der Waals surface area contributed by atoms with Crippen molar-refractivity contribution in [1.29, 1.82) is 0 Å². The van der Waals surface area contributed by atoms with Crippen molar-refractivity contribution in [2.75, 3.05) is 24.5 Å². The van der Waals surface area contributed by atoms with Gasteiger partial charge in [-0.1, -0.05) is 23.7 Å². The molecule has 0 aliphatic carbocycles. The molecule has 2 rings (SSSR count). The van der Waals surface area contributed by atoms with Crippen molar-refractivity contribution in [3.05, 3.63) is 52.7 Å². The van der Waals surface area contributed by atoms with E-state index in [-0.39, 0.29) is 5.91 Å². The van der Waals surface area contributed by atoms with Crippen LogP contribution in [0.15, 0.2) is 36.4 Å². The van der Waals surface area contributed by atoms with E-state index < -0.39 is 0 Å². The Morgan fingerprint density at radius 2 is 1.96 bits per heavy atom. The van der Waals surface area contributed by atoms with E-state index in [1.807, 2.05) is 30.3 Å². The summed E-state index contributed by atoms with van der Waals surface area (Å²) in [4.78, 5) is 14.1. The van der Waals surface area contributed by atoms with E-state index in [0.717, 1.165) is 30.9 Å². The minimum absolute atomic E-state index is 0.217. The Bertz CT molecular complexity index is 641. The van der Waals surface area contributed by atoms with Gasteiger partial charge in [-0.3, -0.25) is 4.79 Å². The van der Waals surface area contributed by atoms with Crippen LogP contribution < -0.4 is 10.2 Å². The number of carbonyl (C=O) groups excluding carboxylic acids is 1. The highest BCUT2D eigenvalue weighted by Crippen LogP contribution is 2.11. The number of amides is 1. The molecule has 0 saturated heterocycles. The summed E-state index contributed by atoms with van der Waals surface area (Å²) in [5.41, 5.74) is 1.41. The normalized spacial score (nSPS) is 10.4. The predicted octanol–water partition coefficient (Wildman–Crippen LogP) is 2.95. The summed E-state index contributed by atoms with van der Waals surface area (Å²) in [5.74, 6) is 0.566. The van der Waals surface area contributed by atoms with Crippen LogP contribution in [-0.2, 0) is 6.42 Å². The fourth-order valence-corrected chi connectivity index (χ4v) is 2.48. The number of hydrogen-bond donors (Lipinski definition) is 1. The van der Waals surface area contributed by atoms with E-state index in [0.29, 0.717) is 17.3 Å². The van der Waals surface area contributed by atoms with Crippen LogP contribution in [0.1, 0.15) is 29.9 Å². The quantitative estimate of drug-likeness (QED) is 0.847. The van der Waals surface area contributed by atoms with Crippen molar-refractivity contribution in [3.8, 4) is 0 Å². The third kappa shape index (κ3) is 4.93. The highest BCUT2D eigenvalue weighted by Gasteiger charge is 2.09. The van der Waals surface area contributed by atoms with E-state index >= 15 is 0 Å². The van der Waals surface area contributed by atoms with Gasteiger partial charge in [-0.15, -0.1) is 10.2 Å².